The Kier molecular flexibility index (Phi) is 8.52. The first-order valence-corrected chi connectivity index (χ1v) is 5.29. The normalized spacial score (nSPS) is 13.9. The van der Waals surface area contributed by atoms with E-state index in [1.807, 2.05) is 0 Å². The van der Waals surface area contributed by atoms with Crippen LogP contribution in [0, 0.1) is 5.92 Å². The van der Waals surface area contributed by atoms with Crippen molar-refractivity contribution in [1.29, 1.82) is 0 Å². The fraction of sp³-hybridized carbons (Fsp3) is 0.909. The molecule has 0 saturated carbocycles. The highest BCUT2D eigenvalue weighted by molar-refractivity contribution is 5.57. The third kappa shape index (κ3) is 7.77. The third-order valence-corrected chi connectivity index (χ3v) is 2.22. The Balaban J connectivity index is 3.13. The van der Waals surface area contributed by atoms with Gasteiger partial charge in [0.05, 0.1) is 0 Å². The monoisotopic (exact) mass is 169 g/mol. The molecule has 0 aromatic heterocycles. The van der Waals surface area contributed by atoms with Gasteiger partial charge in [0.15, 0.2) is 0 Å². The van der Waals surface area contributed by atoms with Gasteiger partial charge >= 0.3 is 0 Å². The van der Waals surface area contributed by atoms with Gasteiger partial charge < -0.3 is 0 Å². The predicted octanol–water partition coefficient (Wildman–Crippen LogP) is 3.68. The fourth-order valence-electron chi connectivity index (χ4n) is 0.966. The molecule has 1 atom stereocenters. The maximum Gasteiger partial charge on any atom is 0.0385 e. The molecule has 0 bridgehead atoms. The van der Waals surface area contributed by atoms with Crippen LogP contribution in [0.15, 0.2) is 4.99 Å². The van der Waals surface area contributed by atoms with Crippen LogP contribution in [-0.4, -0.2) is 12.8 Å². The molecule has 0 amide bonds. The van der Waals surface area contributed by atoms with Crippen molar-refractivity contribution in [2.24, 2.45) is 10.9 Å². The van der Waals surface area contributed by atoms with Crippen LogP contribution in [-0.2, 0) is 0 Å². The summed E-state index contributed by atoms with van der Waals surface area (Å²) in [6, 6.07) is 0. The van der Waals surface area contributed by atoms with E-state index in [2.05, 4.69) is 32.0 Å². The second kappa shape index (κ2) is 8.76. The van der Waals surface area contributed by atoms with Gasteiger partial charge in [0.25, 0.3) is 0 Å². The zero-order chi connectivity index (χ0) is 9.23. The second-order valence-corrected chi connectivity index (χ2v) is 3.54. The maximum absolute atomic E-state index is 4.37. The Morgan fingerprint density at radius 3 is 2.58 bits per heavy atom. The minimum Gasteiger partial charge on any atom is -0.298 e. The lowest BCUT2D eigenvalue weighted by molar-refractivity contribution is 0.590. The topological polar surface area (TPSA) is 12.4 Å². The van der Waals surface area contributed by atoms with Crippen molar-refractivity contribution in [2.45, 2.75) is 52.9 Å². The van der Waals surface area contributed by atoms with Crippen LogP contribution >= 0.6 is 0 Å². The Labute approximate surface area is 77.3 Å². The smallest absolute Gasteiger partial charge is 0.0385 e. The summed E-state index contributed by atoms with van der Waals surface area (Å²) in [6.07, 6.45) is 8.39. The molecule has 0 saturated heterocycles. The first-order valence-electron chi connectivity index (χ1n) is 5.29. The molecule has 0 rings (SSSR count). The zero-order valence-corrected chi connectivity index (χ0v) is 8.84. The molecule has 1 heteroatoms. The van der Waals surface area contributed by atoms with Crippen molar-refractivity contribution < 1.29 is 0 Å². The number of unbranched alkanes of at least 4 members (excludes halogenated alkanes) is 2. The van der Waals surface area contributed by atoms with Crippen molar-refractivity contribution in [1.82, 2.24) is 0 Å². The summed E-state index contributed by atoms with van der Waals surface area (Å²) < 4.78 is 0. The summed E-state index contributed by atoms with van der Waals surface area (Å²) in [5.74, 6) is 0.805. The zero-order valence-electron chi connectivity index (χ0n) is 8.84. The molecule has 1 nitrogen and oxygen atoms in total. The molecule has 0 N–H and O–H groups in total. The Morgan fingerprint density at radius 1 is 1.25 bits per heavy atom. The number of hydrogen-bond donors (Lipinski definition) is 0. The van der Waals surface area contributed by atoms with Gasteiger partial charge in [0.1, 0.15) is 0 Å². The van der Waals surface area contributed by atoms with Gasteiger partial charge in [-0.2, -0.15) is 0 Å². The van der Waals surface area contributed by atoms with Crippen LogP contribution < -0.4 is 0 Å². The van der Waals surface area contributed by atoms with E-state index in [1.54, 1.807) is 0 Å². The van der Waals surface area contributed by atoms with Gasteiger partial charge in [-0.25, -0.2) is 0 Å². The minimum absolute atomic E-state index is 0.805. The molecule has 0 heterocycles. The van der Waals surface area contributed by atoms with Crippen LogP contribution in [0.4, 0.5) is 0 Å². The van der Waals surface area contributed by atoms with Crippen LogP contribution in [0.25, 0.3) is 0 Å². The summed E-state index contributed by atoms with van der Waals surface area (Å²) in [7, 11) is 0. The number of aliphatic imine (C=N–C) groups is 1. The fourth-order valence-corrected chi connectivity index (χ4v) is 0.966. The minimum atomic E-state index is 0.805. The lowest BCUT2D eigenvalue weighted by Crippen LogP contribution is -1.92. The highest BCUT2D eigenvalue weighted by Crippen LogP contribution is 2.03. The number of nitrogens with zero attached hydrogens (tertiary/aromatic N) is 1. The number of hydrogen-bond acceptors (Lipinski definition) is 1. The van der Waals surface area contributed by atoms with Gasteiger partial charge in [0.2, 0.25) is 0 Å². The lowest BCUT2D eigenvalue weighted by Gasteiger charge is -2.01. The molecule has 0 aliphatic carbocycles. The van der Waals surface area contributed by atoms with Gasteiger partial charge in [0, 0.05) is 6.54 Å². The standard InChI is InChI=1S/C11H23N/c1-4-6-7-9-12-10-8-11(3)5-2/h10-11H,4-9H2,1-3H3. The molecule has 72 valence electrons. The Bertz CT molecular complexity index is 108. The van der Waals surface area contributed by atoms with E-state index in [-0.39, 0.29) is 0 Å². The average Bonchev–Trinajstić information content (AvgIpc) is 2.10. The molecule has 0 aliphatic heterocycles. The van der Waals surface area contributed by atoms with E-state index in [0.717, 1.165) is 18.9 Å². The van der Waals surface area contributed by atoms with E-state index in [1.165, 1.54) is 25.7 Å². The molecular formula is C11H23N. The molecule has 0 radical (unpaired) electrons. The summed E-state index contributed by atoms with van der Waals surface area (Å²) in [4.78, 5) is 4.37. The van der Waals surface area contributed by atoms with Gasteiger partial charge in [-0.1, -0.05) is 40.0 Å². The lowest BCUT2D eigenvalue weighted by atomic mass is 10.1. The maximum atomic E-state index is 4.37. The van der Waals surface area contributed by atoms with Crippen molar-refractivity contribution in [3.63, 3.8) is 0 Å². The van der Waals surface area contributed by atoms with E-state index in [4.69, 9.17) is 0 Å². The predicted molar refractivity (Wildman–Crippen MR) is 57.0 cm³/mol. The highest BCUT2D eigenvalue weighted by Gasteiger charge is 1.93. The first-order chi connectivity index (χ1) is 5.81. The number of rotatable bonds is 7. The van der Waals surface area contributed by atoms with Crippen LogP contribution in [0.2, 0.25) is 0 Å². The van der Waals surface area contributed by atoms with Gasteiger partial charge in [-0.3, -0.25) is 4.99 Å². The second-order valence-electron chi connectivity index (χ2n) is 3.54. The molecule has 0 aliphatic rings. The summed E-state index contributed by atoms with van der Waals surface area (Å²) >= 11 is 0. The summed E-state index contributed by atoms with van der Waals surface area (Å²) in [6.45, 7) is 7.76. The van der Waals surface area contributed by atoms with E-state index in [0.29, 0.717) is 0 Å². The SMILES string of the molecule is CCCCCN=CCC(C)CC. The highest BCUT2D eigenvalue weighted by atomic mass is 14.7. The van der Waals surface area contributed by atoms with Crippen molar-refractivity contribution >= 4 is 6.21 Å². The molecule has 0 spiro atoms. The largest absolute Gasteiger partial charge is 0.298 e. The molecule has 1 unspecified atom stereocenters. The quantitative estimate of drug-likeness (QED) is 0.407. The van der Waals surface area contributed by atoms with Crippen molar-refractivity contribution in [2.75, 3.05) is 6.54 Å². The van der Waals surface area contributed by atoms with Crippen LogP contribution in [0.1, 0.15) is 52.9 Å². The Morgan fingerprint density at radius 2 is 2.00 bits per heavy atom. The summed E-state index contributed by atoms with van der Waals surface area (Å²) in [5, 5.41) is 0. The van der Waals surface area contributed by atoms with Crippen molar-refractivity contribution in [3.05, 3.63) is 0 Å². The van der Waals surface area contributed by atoms with Crippen molar-refractivity contribution in [3.8, 4) is 0 Å². The van der Waals surface area contributed by atoms with Gasteiger partial charge in [-0.05, 0) is 25.0 Å². The van der Waals surface area contributed by atoms with Gasteiger partial charge in [-0.15, -0.1) is 0 Å². The molecule has 12 heavy (non-hydrogen) atoms. The summed E-state index contributed by atoms with van der Waals surface area (Å²) in [5.41, 5.74) is 0. The third-order valence-electron chi connectivity index (χ3n) is 2.22. The molecule has 0 fully saturated rings. The molecule has 0 aromatic rings. The average molecular weight is 169 g/mol. The molecule has 0 aromatic carbocycles. The first kappa shape index (κ1) is 11.7. The van der Waals surface area contributed by atoms with Crippen LogP contribution in [0.3, 0.4) is 0 Å². The van der Waals surface area contributed by atoms with E-state index < -0.39 is 0 Å². The van der Waals surface area contributed by atoms with E-state index in [9.17, 15) is 0 Å². The molecular weight excluding hydrogens is 146 g/mol. The van der Waals surface area contributed by atoms with E-state index >= 15 is 0 Å². The Hall–Kier alpha value is -0.330. The van der Waals surface area contributed by atoms with Crippen LogP contribution in [0.5, 0.6) is 0 Å².